The molecule has 0 saturated heterocycles. The summed E-state index contributed by atoms with van der Waals surface area (Å²) in [5.41, 5.74) is 1.02. The Balaban J connectivity index is 1.75. The van der Waals surface area contributed by atoms with E-state index in [0.717, 1.165) is 0 Å². The Labute approximate surface area is 169 Å². The smallest absolute Gasteiger partial charge is 0.306 e. The third-order valence-electron chi connectivity index (χ3n) is 3.65. The molecule has 0 aliphatic carbocycles. The summed E-state index contributed by atoms with van der Waals surface area (Å²) in [7, 11) is 1.51. The number of hydrogen-bond acceptors (Lipinski definition) is 6. The first kappa shape index (κ1) is 21.9. The van der Waals surface area contributed by atoms with Gasteiger partial charge in [0.15, 0.2) is 6.61 Å². The first-order chi connectivity index (χ1) is 14.1. The first-order valence-corrected chi connectivity index (χ1v) is 9.09. The monoisotopic (exact) mass is 400 g/mol. The summed E-state index contributed by atoms with van der Waals surface area (Å²) >= 11 is 0. The molecule has 0 aliphatic rings. The van der Waals surface area contributed by atoms with Gasteiger partial charge in [-0.25, -0.2) is 0 Å². The van der Waals surface area contributed by atoms with E-state index in [1.807, 2.05) is 18.2 Å². The Morgan fingerprint density at radius 1 is 0.828 bits per heavy atom. The highest BCUT2D eigenvalue weighted by atomic mass is 16.6. The predicted molar refractivity (Wildman–Crippen MR) is 108 cm³/mol. The van der Waals surface area contributed by atoms with Crippen LogP contribution in [0.15, 0.2) is 54.6 Å². The number of rotatable bonds is 11. The number of amides is 2. The second kappa shape index (κ2) is 12.1. The minimum absolute atomic E-state index is 0.00663. The van der Waals surface area contributed by atoms with Gasteiger partial charge in [-0.15, -0.1) is 0 Å². The van der Waals surface area contributed by atoms with Crippen LogP contribution in [0.25, 0.3) is 0 Å². The van der Waals surface area contributed by atoms with E-state index in [2.05, 4.69) is 10.6 Å². The van der Waals surface area contributed by atoms with Gasteiger partial charge in [0.1, 0.15) is 12.4 Å². The van der Waals surface area contributed by atoms with Crippen molar-refractivity contribution in [1.29, 1.82) is 0 Å². The summed E-state index contributed by atoms with van der Waals surface area (Å²) in [5.74, 6) is -0.512. The second-order valence-corrected chi connectivity index (χ2v) is 5.99. The zero-order valence-electron chi connectivity index (χ0n) is 16.2. The molecule has 0 bridgehead atoms. The Morgan fingerprint density at radius 3 is 2.21 bits per heavy atom. The van der Waals surface area contributed by atoms with E-state index < -0.39 is 5.97 Å². The van der Waals surface area contributed by atoms with E-state index in [0.29, 0.717) is 23.7 Å². The molecule has 0 atom stereocenters. The van der Waals surface area contributed by atoms with E-state index >= 15 is 0 Å². The number of nitrogens with one attached hydrogen (secondary N) is 2. The van der Waals surface area contributed by atoms with Crippen molar-refractivity contribution >= 4 is 29.2 Å². The van der Waals surface area contributed by atoms with Crippen LogP contribution < -0.4 is 15.4 Å². The number of ether oxygens (including phenoxy) is 3. The third-order valence-corrected chi connectivity index (χ3v) is 3.65. The maximum absolute atomic E-state index is 12.0. The van der Waals surface area contributed by atoms with Crippen LogP contribution in [0.1, 0.15) is 12.8 Å². The molecular weight excluding hydrogens is 376 g/mol. The Hall–Kier alpha value is -3.39. The maximum Gasteiger partial charge on any atom is 0.306 e. The Bertz CT molecular complexity index is 810. The lowest BCUT2D eigenvalue weighted by Crippen LogP contribution is -2.20. The topological polar surface area (TPSA) is 103 Å². The molecule has 0 aliphatic heterocycles. The maximum atomic E-state index is 12.0. The van der Waals surface area contributed by atoms with Crippen LogP contribution in [-0.4, -0.2) is 44.7 Å². The molecule has 154 valence electrons. The summed E-state index contributed by atoms with van der Waals surface area (Å²) in [6.45, 7) is 0.339. The number of hydrogen-bond donors (Lipinski definition) is 2. The Kier molecular flexibility index (Phi) is 9.17. The summed E-state index contributed by atoms with van der Waals surface area (Å²) in [6, 6.07) is 15.7. The summed E-state index contributed by atoms with van der Waals surface area (Å²) in [4.78, 5) is 35.5. The molecule has 0 unspecified atom stereocenters. The average Bonchev–Trinajstić information content (AvgIpc) is 2.72. The lowest BCUT2D eigenvalue weighted by molar-refractivity contribution is -0.145. The summed E-state index contributed by atoms with van der Waals surface area (Å²) in [5, 5.41) is 5.39. The van der Waals surface area contributed by atoms with Gasteiger partial charge in [-0.2, -0.15) is 0 Å². The van der Waals surface area contributed by atoms with E-state index in [9.17, 15) is 14.4 Å². The van der Waals surface area contributed by atoms with Crippen molar-refractivity contribution in [2.45, 2.75) is 12.8 Å². The van der Waals surface area contributed by atoms with Gasteiger partial charge >= 0.3 is 5.97 Å². The Morgan fingerprint density at radius 2 is 1.52 bits per heavy atom. The minimum atomic E-state index is -0.461. The number of benzene rings is 2. The second-order valence-electron chi connectivity index (χ2n) is 5.99. The van der Waals surface area contributed by atoms with Crippen LogP contribution in [0.4, 0.5) is 11.4 Å². The normalized spacial score (nSPS) is 10.1. The molecular formula is C21H24N2O6. The van der Waals surface area contributed by atoms with Crippen molar-refractivity contribution in [2.75, 3.05) is 37.6 Å². The molecule has 0 spiro atoms. The fraction of sp³-hybridized carbons (Fsp3) is 0.286. The molecule has 0 heterocycles. The van der Waals surface area contributed by atoms with Gasteiger partial charge in [-0.1, -0.05) is 24.3 Å². The van der Waals surface area contributed by atoms with Gasteiger partial charge in [0, 0.05) is 24.9 Å². The fourth-order valence-electron chi connectivity index (χ4n) is 2.29. The molecule has 2 rings (SSSR count). The van der Waals surface area contributed by atoms with Gasteiger partial charge in [-0.05, 0) is 30.3 Å². The molecule has 0 saturated carbocycles. The van der Waals surface area contributed by atoms with Crippen LogP contribution in [-0.2, 0) is 23.9 Å². The van der Waals surface area contributed by atoms with Crippen molar-refractivity contribution in [1.82, 2.24) is 0 Å². The SMILES string of the molecule is COCCOC(=O)CCC(=O)Nc1cccc(NC(=O)COc2ccccc2)c1. The van der Waals surface area contributed by atoms with E-state index in [1.54, 1.807) is 36.4 Å². The number of methoxy groups -OCH3 is 1. The number of anilines is 2. The predicted octanol–water partition coefficient (Wildman–Crippen LogP) is 2.61. The molecule has 2 aromatic rings. The van der Waals surface area contributed by atoms with Gasteiger partial charge in [0.2, 0.25) is 5.91 Å². The molecule has 29 heavy (non-hydrogen) atoms. The lowest BCUT2D eigenvalue weighted by Gasteiger charge is -2.10. The third kappa shape index (κ3) is 8.89. The van der Waals surface area contributed by atoms with E-state index in [1.165, 1.54) is 7.11 Å². The van der Waals surface area contributed by atoms with Crippen LogP contribution in [0, 0.1) is 0 Å². The molecule has 8 nitrogen and oxygen atoms in total. The van der Waals surface area contributed by atoms with Gasteiger partial charge < -0.3 is 24.8 Å². The van der Waals surface area contributed by atoms with Crippen LogP contribution >= 0.6 is 0 Å². The van der Waals surface area contributed by atoms with E-state index in [4.69, 9.17) is 14.2 Å². The quantitative estimate of drug-likeness (QED) is 0.444. The summed E-state index contributed by atoms with van der Waals surface area (Å²) < 4.78 is 15.1. The van der Waals surface area contributed by atoms with Gasteiger partial charge in [-0.3, -0.25) is 14.4 Å². The molecule has 0 fully saturated rings. The minimum Gasteiger partial charge on any atom is -0.484 e. The molecule has 8 heteroatoms. The number of esters is 1. The van der Waals surface area contributed by atoms with E-state index in [-0.39, 0.29) is 37.9 Å². The molecule has 2 N–H and O–H groups in total. The summed E-state index contributed by atoms with van der Waals surface area (Å²) in [6.07, 6.45) is -0.0316. The van der Waals surface area contributed by atoms with Crippen molar-refractivity contribution in [2.24, 2.45) is 0 Å². The molecule has 0 aromatic heterocycles. The zero-order valence-corrected chi connectivity index (χ0v) is 16.2. The highest BCUT2D eigenvalue weighted by Crippen LogP contribution is 2.16. The van der Waals surface area contributed by atoms with Crippen molar-refractivity contribution in [3.8, 4) is 5.75 Å². The fourth-order valence-corrected chi connectivity index (χ4v) is 2.29. The lowest BCUT2D eigenvalue weighted by atomic mass is 10.2. The van der Waals surface area contributed by atoms with Crippen molar-refractivity contribution in [3.63, 3.8) is 0 Å². The van der Waals surface area contributed by atoms with Crippen LogP contribution in [0.3, 0.4) is 0 Å². The molecule has 2 amide bonds. The average molecular weight is 400 g/mol. The van der Waals surface area contributed by atoms with Gasteiger partial charge in [0.25, 0.3) is 5.91 Å². The standard InChI is InChI=1S/C21H24N2O6/c1-27-12-13-28-21(26)11-10-19(24)22-16-6-5-7-17(14-16)23-20(25)15-29-18-8-3-2-4-9-18/h2-9,14H,10-13,15H2,1H3,(H,22,24)(H,23,25). The highest BCUT2D eigenvalue weighted by Gasteiger charge is 2.09. The number of carbonyl (C=O) groups excluding carboxylic acids is 3. The highest BCUT2D eigenvalue weighted by molar-refractivity contribution is 5.95. The number of carbonyl (C=O) groups is 3. The zero-order chi connectivity index (χ0) is 20.9. The molecule has 0 radical (unpaired) electrons. The number of para-hydroxylation sites is 1. The first-order valence-electron chi connectivity index (χ1n) is 9.09. The van der Waals surface area contributed by atoms with Crippen LogP contribution in [0.2, 0.25) is 0 Å². The molecule has 2 aromatic carbocycles. The van der Waals surface area contributed by atoms with Crippen LogP contribution in [0.5, 0.6) is 5.75 Å². The largest absolute Gasteiger partial charge is 0.484 e. The van der Waals surface area contributed by atoms with Crippen molar-refractivity contribution in [3.05, 3.63) is 54.6 Å². The van der Waals surface area contributed by atoms with Gasteiger partial charge in [0.05, 0.1) is 13.0 Å². The van der Waals surface area contributed by atoms with Crippen molar-refractivity contribution < 1.29 is 28.6 Å².